The Bertz CT molecular complexity index is 1300. The van der Waals surface area contributed by atoms with Gasteiger partial charge in [-0.15, -0.1) is 0 Å². The molecule has 166 valence electrons. The topological polar surface area (TPSA) is 107 Å². The second-order valence-electron chi connectivity index (χ2n) is 7.83. The number of hydrogen-bond donors (Lipinski definition) is 2. The number of nitrogens with one attached hydrogen (secondary N) is 1. The molecule has 0 spiro atoms. The second kappa shape index (κ2) is 9.28. The summed E-state index contributed by atoms with van der Waals surface area (Å²) in [6.07, 6.45) is 1.69. The molecular formula is C25H23N5O3. The van der Waals surface area contributed by atoms with E-state index in [2.05, 4.69) is 26.2 Å². The molecule has 0 radical (unpaired) electrons. The number of fused-ring (bicyclic) bond motifs is 1. The van der Waals surface area contributed by atoms with Crippen molar-refractivity contribution in [2.75, 3.05) is 39.5 Å². The first-order valence-electron chi connectivity index (χ1n) is 10.8. The first kappa shape index (κ1) is 20.9. The fourth-order valence-corrected chi connectivity index (χ4v) is 4.06. The zero-order valence-electron chi connectivity index (χ0n) is 18.0. The zero-order valence-corrected chi connectivity index (χ0v) is 18.0. The van der Waals surface area contributed by atoms with E-state index in [1.54, 1.807) is 30.5 Å². The summed E-state index contributed by atoms with van der Waals surface area (Å²) in [7, 11) is 0. The predicted molar refractivity (Wildman–Crippen MR) is 124 cm³/mol. The SMILES string of the molecule is N#Cc1c(-c2ccc(O)cc2)nc2[nH]ncc2c1-c1cccc(OCCN2CCOCC2)c1. The molecule has 2 aromatic heterocycles. The van der Waals surface area contributed by atoms with Gasteiger partial charge in [-0.1, -0.05) is 12.1 Å². The van der Waals surface area contributed by atoms with E-state index in [4.69, 9.17) is 9.47 Å². The summed E-state index contributed by atoms with van der Waals surface area (Å²) in [5.74, 6) is 0.895. The van der Waals surface area contributed by atoms with Crippen LogP contribution in [0.4, 0.5) is 0 Å². The van der Waals surface area contributed by atoms with Gasteiger partial charge in [0.1, 0.15) is 24.2 Å². The highest BCUT2D eigenvalue weighted by Crippen LogP contribution is 2.37. The van der Waals surface area contributed by atoms with Gasteiger partial charge in [0, 0.05) is 36.1 Å². The smallest absolute Gasteiger partial charge is 0.156 e. The van der Waals surface area contributed by atoms with Crippen molar-refractivity contribution in [1.82, 2.24) is 20.1 Å². The highest BCUT2D eigenvalue weighted by atomic mass is 16.5. The number of hydrogen-bond acceptors (Lipinski definition) is 7. The van der Waals surface area contributed by atoms with Crippen molar-refractivity contribution < 1.29 is 14.6 Å². The lowest BCUT2D eigenvalue weighted by Crippen LogP contribution is -2.38. The van der Waals surface area contributed by atoms with Crippen molar-refractivity contribution in [3.63, 3.8) is 0 Å². The summed E-state index contributed by atoms with van der Waals surface area (Å²) < 4.78 is 11.4. The molecule has 8 nitrogen and oxygen atoms in total. The van der Waals surface area contributed by atoms with Gasteiger partial charge in [0.05, 0.1) is 30.7 Å². The summed E-state index contributed by atoms with van der Waals surface area (Å²) in [5, 5.41) is 27.6. The van der Waals surface area contributed by atoms with E-state index in [1.807, 2.05) is 24.3 Å². The monoisotopic (exact) mass is 441 g/mol. The molecule has 0 bridgehead atoms. The highest BCUT2D eigenvalue weighted by Gasteiger charge is 2.19. The number of pyridine rings is 1. The number of nitriles is 1. The minimum atomic E-state index is 0.155. The summed E-state index contributed by atoms with van der Waals surface area (Å²) in [4.78, 5) is 6.97. The van der Waals surface area contributed by atoms with E-state index in [0.29, 0.717) is 23.5 Å². The molecule has 33 heavy (non-hydrogen) atoms. The number of phenolic OH excluding ortho intramolecular Hbond substituents is 1. The third-order valence-electron chi connectivity index (χ3n) is 5.75. The third kappa shape index (κ3) is 4.37. The molecule has 4 aromatic rings. The molecule has 0 aliphatic carbocycles. The lowest BCUT2D eigenvalue weighted by Gasteiger charge is -2.26. The molecular weight excluding hydrogens is 418 g/mol. The fourth-order valence-electron chi connectivity index (χ4n) is 4.06. The Balaban J connectivity index is 1.50. The Morgan fingerprint density at radius 1 is 1.12 bits per heavy atom. The van der Waals surface area contributed by atoms with Crippen molar-refractivity contribution in [2.45, 2.75) is 0 Å². The fraction of sp³-hybridized carbons (Fsp3) is 0.240. The predicted octanol–water partition coefficient (Wildman–Crippen LogP) is 3.58. The summed E-state index contributed by atoms with van der Waals surface area (Å²) in [6.45, 7) is 4.78. The molecule has 0 atom stereocenters. The highest BCUT2D eigenvalue weighted by molar-refractivity contribution is 5.99. The second-order valence-corrected chi connectivity index (χ2v) is 7.83. The van der Waals surface area contributed by atoms with Crippen LogP contribution in [0.1, 0.15) is 5.56 Å². The van der Waals surface area contributed by atoms with Crippen molar-refractivity contribution in [2.24, 2.45) is 0 Å². The Morgan fingerprint density at radius 2 is 1.94 bits per heavy atom. The van der Waals surface area contributed by atoms with Gasteiger partial charge in [-0.2, -0.15) is 10.4 Å². The summed E-state index contributed by atoms with van der Waals surface area (Å²) in [5.41, 5.74) is 3.90. The third-order valence-corrected chi connectivity index (χ3v) is 5.75. The zero-order chi connectivity index (χ0) is 22.6. The van der Waals surface area contributed by atoms with Crippen LogP contribution < -0.4 is 4.74 Å². The molecule has 0 saturated carbocycles. The number of phenols is 1. The van der Waals surface area contributed by atoms with Crippen molar-refractivity contribution >= 4 is 11.0 Å². The van der Waals surface area contributed by atoms with Gasteiger partial charge in [0.25, 0.3) is 0 Å². The lowest BCUT2D eigenvalue weighted by atomic mass is 9.94. The summed E-state index contributed by atoms with van der Waals surface area (Å²) >= 11 is 0. The Hall–Kier alpha value is -3.93. The number of rotatable bonds is 6. The number of morpholine rings is 1. The number of H-pyrrole nitrogens is 1. The van der Waals surface area contributed by atoms with Crippen LogP contribution in [0.25, 0.3) is 33.4 Å². The molecule has 1 aliphatic rings. The normalized spacial score (nSPS) is 14.3. The minimum absolute atomic E-state index is 0.155. The first-order valence-corrected chi connectivity index (χ1v) is 10.8. The number of benzene rings is 2. The van der Waals surface area contributed by atoms with Gasteiger partial charge in [-0.3, -0.25) is 10.00 Å². The van der Waals surface area contributed by atoms with E-state index in [-0.39, 0.29) is 5.75 Å². The quantitative estimate of drug-likeness (QED) is 0.471. The number of ether oxygens (including phenoxy) is 2. The molecule has 1 fully saturated rings. The van der Waals surface area contributed by atoms with Gasteiger partial charge in [-0.05, 0) is 42.0 Å². The molecule has 5 rings (SSSR count). The van der Waals surface area contributed by atoms with E-state index in [1.165, 1.54) is 0 Å². The molecule has 8 heteroatoms. The van der Waals surface area contributed by atoms with Crippen molar-refractivity contribution in [3.8, 4) is 40.0 Å². The summed E-state index contributed by atoms with van der Waals surface area (Å²) in [6, 6.07) is 16.7. The van der Waals surface area contributed by atoms with Crippen LogP contribution in [-0.4, -0.2) is 64.6 Å². The molecule has 2 N–H and O–H groups in total. The maximum Gasteiger partial charge on any atom is 0.156 e. The van der Waals surface area contributed by atoms with Crippen molar-refractivity contribution in [3.05, 3.63) is 60.3 Å². The Morgan fingerprint density at radius 3 is 2.73 bits per heavy atom. The van der Waals surface area contributed by atoms with E-state index < -0.39 is 0 Å². The Labute approximate surface area is 191 Å². The first-order chi connectivity index (χ1) is 16.2. The molecule has 1 aliphatic heterocycles. The molecule has 3 heterocycles. The van der Waals surface area contributed by atoms with E-state index in [0.717, 1.165) is 60.7 Å². The van der Waals surface area contributed by atoms with E-state index in [9.17, 15) is 10.4 Å². The van der Waals surface area contributed by atoms with Crippen molar-refractivity contribution in [1.29, 1.82) is 5.26 Å². The number of aromatic hydroxyl groups is 1. The lowest BCUT2D eigenvalue weighted by molar-refractivity contribution is 0.0322. The largest absolute Gasteiger partial charge is 0.508 e. The van der Waals surface area contributed by atoms with E-state index >= 15 is 0 Å². The van der Waals surface area contributed by atoms with Crippen LogP contribution in [0.5, 0.6) is 11.5 Å². The maximum absolute atomic E-state index is 10.1. The number of nitrogens with zero attached hydrogens (tertiary/aromatic N) is 4. The molecule has 1 saturated heterocycles. The van der Waals surface area contributed by atoms with Gasteiger partial charge in [-0.25, -0.2) is 4.98 Å². The average Bonchev–Trinajstić information content (AvgIpc) is 3.32. The van der Waals surface area contributed by atoms with Crippen LogP contribution in [-0.2, 0) is 4.74 Å². The molecule has 0 unspecified atom stereocenters. The van der Waals surface area contributed by atoms with Gasteiger partial charge in [0.15, 0.2) is 5.65 Å². The van der Waals surface area contributed by atoms with Gasteiger partial charge >= 0.3 is 0 Å². The van der Waals surface area contributed by atoms with Gasteiger partial charge < -0.3 is 14.6 Å². The number of aromatic nitrogens is 3. The Kier molecular flexibility index (Phi) is 5.89. The van der Waals surface area contributed by atoms with Crippen LogP contribution in [0.2, 0.25) is 0 Å². The number of aromatic amines is 1. The molecule has 0 amide bonds. The van der Waals surface area contributed by atoms with Crippen LogP contribution >= 0.6 is 0 Å². The maximum atomic E-state index is 10.1. The molecule has 2 aromatic carbocycles. The van der Waals surface area contributed by atoms with Crippen LogP contribution in [0.15, 0.2) is 54.7 Å². The van der Waals surface area contributed by atoms with Crippen LogP contribution in [0, 0.1) is 11.3 Å². The van der Waals surface area contributed by atoms with Gasteiger partial charge in [0.2, 0.25) is 0 Å². The standard InChI is InChI=1S/C25H23N5O3/c26-15-21-23(18-2-1-3-20(14-18)33-13-10-30-8-11-32-12-9-30)22-16-27-29-25(22)28-24(21)17-4-6-19(31)7-5-17/h1-7,14,16,31H,8-13H2,(H,27,28,29). The van der Waals surface area contributed by atoms with Crippen LogP contribution in [0.3, 0.4) is 0 Å². The minimum Gasteiger partial charge on any atom is -0.508 e. The average molecular weight is 441 g/mol.